The smallest absolute Gasteiger partial charge is 0.225 e. The third kappa shape index (κ3) is 5.15. The second-order valence-corrected chi connectivity index (χ2v) is 8.76. The van der Waals surface area contributed by atoms with Crippen LogP contribution < -0.4 is 10.1 Å². The van der Waals surface area contributed by atoms with Crippen molar-refractivity contribution in [2.24, 2.45) is 5.92 Å². The van der Waals surface area contributed by atoms with Gasteiger partial charge < -0.3 is 15.0 Å². The highest BCUT2D eigenvalue weighted by Crippen LogP contribution is 2.40. The summed E-state index contributed by atoms with van der Waals surface area (Å²) in [5.41, 5.74) is 0.924. The van der Waals surface area contributed by atoms with Crippen LogP contribution in [0.4, 0.5) is 0 Å². The number of rotatable bonds is 10. The van der Waals surface area contributed by atoms with Gasteiger partial charge in [0.25, 0.3) is 0 Å². The molecule has 1 aromatic rings. The molecule has 2 fully saturated rings. The van der Waals surface area contributed by atoms with Gasteiger partial charge in [-0.05, 0) is 45.7 Å². The average molecular weight is 416 g/mol. The third-order valence-corrected chi connectivity index (χ3v) is 6.64. The normalized spacial score (nSPS) is 22.8. The number of nitrogens with one attached hydrogen (secondary N) is 1. The Kier molecular flexibility index (Phi) is 7.75. The fourth-order valence-corrected chi connectivity index (χ4v) is 4.48. The molecule has 2 amide bonds. The molecule has 3 unspecified atom stereocenters. The summed E-state index contributed by atoms with van der Waals surface area (Å²) in [5.74, 6) is 0.633. The Morgan fingerprint density at radius 3 is 2.70 bits per heavy atom. The molecular weight excluding hydrogens is 378 g/mol. The predicted molar refractivity (Wildman–Crippen MR) is 118 cm³/mol. The van der Waals surface area contributed by atoms with E-state index in [1.165, 1.54) is 12.8 Å². The van der Waals surface area contributed by atoms with Gasteiger partial charge in [-0.3, -0.25) is 14.5 Å². The van der Waals surface area contributed by atoms with Crippen molar-refractivity contribution < 1.29 is 14.3 Å². The number of hydrogen-bond acceptors (Lipinski definition) is 4. The first-order chi connectivity index (χ1) is 14.5. The molecule has 1 aliphatic carbocycles. The quantitative estimate of drug-likeness (QED) is 0.636. The molecule has 0 spiro atoms. The van der Waals surface area contributed by atoms with E-state index in [4.69, 9.17) is 4.74 Å². The molecule has 1 saturated heterocycles. The molecular formula is C24H37N3O3. The van der Waals surface area contributed by atoms with Gasteiger partial charge in [-0.1, -0.05) is 31.5 Å². The summed E-state index contributed by atoms with van der Waals surface area (Å²) in [4.78, 5) is 30.4. The molecule has 1 heterocycles. The Balaban J connectivity index is 1.80. The summed E-state index contributed by atoms with van der Waals surface area (Å²) in [6.45, 7) is 5.58. The number of nitrogens with zero attached hydrogens (tertiary/aromatic N) is 2. The van der Waals surface area contributed by atoms with Crippen LogP contribution in [0, 0.1) is 5.92 Å². The lowest BCUT2D eigenvalue weighted by molar-refractivity contribution is -0.143. The van der Waals surface area contributed by atoms with Gasteiger partial charge in [0.05, 0.1) is 19.1 Å². The van der Waals surface area contributed by atoms with Crippen LogP contribution in [0.25, 0.3) is 0 Å². The van der Waals surface area contributed by atoms with Crippen molar-refractivity contribution in [1.29, 1.82) is 0 Å². The second kappa shape index (κ2) is 10.3. The zero-order valence-corrected chi connectivity index (χ0v) is 18.9. The Morgan fingerprint density at radius 1 is 1.30 bits per heavy atom. The Bertz CT molecular complexity index is 734. The second-order valence-electron chi connectivity index (χ2n) is 8.76. The van der Waals surface area contributed by atoms with E-state index in [1.54, 1.807) is 7.11 Å². The minimum Gasteiger partial charge on any atom is -0.496 e. The van der Waals surface area contributed by atoms with E-state index >= 15 is 0 Å². The number of benzene rings is 1. The van der Waals surface area contributed by atoms with Crippen LogP contribution in [0.1, 0.15) is 64.0 Å². The molecule has 0 bridgehead atoms. The zero-order chi connectivity index (χ0) is 21.7. The first-order valence-corrected chi connectivity index (χ1v) is 11.4. The van der Waals surface area contributed by atoms with Crippen molar-refractivity contribution in [3.8, 4) is 5.75 Å². The van der Waals surface area contributed by atoms with E-state index in [0.29, 0.717) is 38.0 Å². The van der Waals surface area contributed by atoms with E-state index in [2.05, 4.69) is 31.1 Å². The van der Waals surface area contributed by atoms with E-state index in [0.717, 1.165) is 24.2 Å². The van der Waals surface area contributed by atoms with Gasteiger partial charge >= 0.3 is 0 Å². The summed E-state index contributed by atoms with van der Waals surface area (Å²) >= 11 is 0. The molecule has 3 atom stereocenters. The summed E-state index contributed by atoms with van der Waals surface area (Å²) in [7, 11) is 3.78. The molecule has 1 saturated carbocycles. The minimum absolute atomic E-state index is 0.0379. The van der Waals surface area contributed by atoms with Crippen molar-refractivity contribution in [3.63, 3.8) is 0 Å². The highest BCUT2D eigenvalue weighted by molar-refractivity contribution is 5.85. The number of unbranched alkanes of at least 4 members (excludes halogenated alkanes) is 1. The number of methoxy groups -OCH3 is 1. The molecule has 1 aromatic carbocycles. The SMILES string of the molecule is CCCCN1C(=O)CCC(C(=O)NCC(C)N(C)C2CC2)C1c1ccccc1OC. The van der Waals surface area contributed by atoms with Gasteiger partial charge in [0.1, 0.15) is 5.75 Å². The van der Waals surface area contributed by atoms with Crippen molar-refractivity contribution in [3.05, 3.63) is 29.8 Å². The van der Waals surface area contributed by atoms with Crippen molar-refractivity contribution in [2.75, 3.05) is 27.2 Å². The molecule has 1 N–H and O–H groups in total. The van der Waals surface area contributed by atoms with E-state index < -0.39 is 0 Å². The molecule has 3 rings (SSSR count). The molecule has 0 radical (unpaired) electrons. The van der Waals surface area contributed by atoms with E-state index in [1.807, 2.05) is 29.2 Å². The highest BCUT2D eigenvalue weighted by Gasteiger charge is 2.41. The third-order valence-electron chi connectivity index (χ3n) is 6.64. The number of para-hydroxylation sites is 1. The standard InChI is InChI=1S/C24H37N3O3/c1-5-6-15-27-22(28)14-13-20(23(27)19-9-7-8-10-21(19)30-4)24(29)25-16-17(2)26(3)18-11-12-18/h7-10,17-18,20,23H,5-6,11-16H2,1-4H3,(H,25,29). The lowest BCUT2D eigenvalue weighted by atomic mass is 9.83. The first kappa shape index (κ1) is 22.6. The van der Waals surface area contributed by atoms with Gasteiger partial charge in [0, 0.05) is 37.2 Å². The van der Waals surface area contributed by atoms with Gasteiger partial charge in [-0.2, -0.15) is 0 Å². The van der Waals surface area contributed by atoms with Crippen LogP contribution in [-0.2, 0) is 9.59 Å². The van der Waals surface area contributed by atoms with Gasteiger partial charge in [-0.15, -0.1) is 0 Å². The molecule has 0 aromatic heterocycles. The molecule has 30 heavy (non-hydrogen) atoms. The predicted octanol–water partition coefficient (Wildman–Crippen LogP) is 3.37. The fraction of sp³-hybridized carbons (Fsp3) is 0.667. The number of hydrogen-bond donors (Lipinski definition) is 1. The molecule has 6 nitrogen and oxygen atoms in total. The van der Waals surface area contributed by atoms with Crippen LogP contribution in [0.15, 0.2) is 24.3 Å². The van der Waals surface area contributed by atoms with Crippen molar-refractivity contribution in [2.45, 2.75) is 70.5 Å². The van der Waals surface area contributed by atoms with Crippen LogP contribution >= 0.6 is 0 Å². The molecule has 166 valence electrons. The number of amides is 2. The summed E-state index contributed by atoms with van der Waals surface area (Å²) < 4.78 is 5.60. The fourth-order valence-electron chi connectivity index (χ4n) is 4.48. The Hall–Kier alpha value is -2.08. The van der Waals surface area contributed by atoms with Gasteiger partial charge in [-0.25, -0.2) is 0 Å². The number of carbonyl (C=O) groups is 2. The van der Waals surface area contributed by atoms with Crippen LogP contribution in [-0.4, -0.2) is 60.9 Å². The maximum Gasteiger partial charge on any atom is 0.225 e. The monoisotopic (exact) mass is 415 g/mol. The van der Waals surface area contributed by atoms with Gasteiger partial charge in [0.15, 0.2) is 0 Å². The van der Waals surface area contributed by atoms with E-state index in [-0.39, 0.29) is 23.8 Å². The lowest BCUT2D eigenvalue weighted by Gasteiger charge is -2.41. The summed E-state index contributed by atoms with van der Waals surface area (Å²) in [5, 5.41) is 3.19. The number of piperidine rings is 1. The van der Waals surface area contributed by atoms with Gasteiger partial charge in [0.2, 0.25) is 11.8 Å². The maximum absolute atomic E-state index is 13.3. The minimum atomic E-state index is -0.287. The topological polar surface area (TPSA) is 61.9 Å². The lowest BCUT2D eigenvalue weighted by Crippen LogP contribution is -2.50. The van der Waals surface area contributed by atoms with Crippen molar-refractivity contribution in [1.82, 2.24) is 15.1 Å². The Morgan fingerprint density at radius 2 is 2.03 bits per heavy atom. The first-order valence-electron chi connectivity index (χ1n) is 11.4. The summed E-state index contributed by atoms with van der Waals surface area (Å²) in [6.07, 6.45) is 5.43. The van der Waals surface area contributed by atoms with Crippen LogP contribution in [0.5, 0.6) is 5.75 Å². The molecule has 6 heteroatoms. The highest BCUT2D eigenvalue weighted by atomic mass is 16.5. The largest absolute Gasteiger partial charge is 0.496 e. The molecule has 1 aliphatic heterocycles. The maximum atomic E-state index is 13.3. The van der Waals surface area contributed by atoms with Crippen LogP contribution in [0.3, 0.4) is 0 Å². The summed E-state index contributed by atoms with van der Waals surface area (Å²) in [6, 6.07) is 8.46. The number of likely N-dealkylation sites (N-methyl/N-ethyl adjacent to an activating group) is 1. The zero-order valence-electron chi connectivity index (χ0n) is 18.9. The average Bonchev–Trinajstić information content (AvgIpc) is 3.61. The Labute approximate surface area is 180 Å². The number of ether oxygens (including phenoxy) is 1. The van der Waals surface area contributed by atoms with E-state index in [9.17, 15) is 9.59 Å². The molecule has 2 aliphatic rings. The number of carbonyl (C=O) groups excluding carboxylic acids is 2. The van der Waals surface area contributed by atoms with Crippen LogP contribution in [0.2, 0.25) is 0 Å². The van der Waals surface area contributed by atoms with Crippen molar-refractivity contribution >= 4 is 11.8 Å². The number of likely N-dealkylation sites (tertiary alicyclic amines) is 1.